The topological polar surface area (TPSA) is 88.5 Å². The Morgan fingerprint density at radius 2 is 2.41 bits per heavy atom. The van der Waals surface area contributed by atoms with E-state index in [1.165, 1.54) is 29.5 Å². The van der Waals surface area contributed by atoms with Crippen molar-refractivity contribution in [2.75, 3.05) is 5.73 Å². The first kappa shape index (κ1) is 11.8. The molecular weight excluding hydrogens is 254 g/mol. The van der Waals surface area contributed by atoms with Crippen molar-refractivity contribution < 1.29 is 0 Å². The third kappa shape index (κ3) is 2.72. The van der Waals surface area contributed by atoms with Crippen LogP contribution in [0.4, 0.5) is 5.69 Å². The number of nitrogens with two attached hydrogens (primary N) is 1. The highest BCUT2D eigenvalue weighted by atomic mass is 32.2. The average Bonchev–Trinajstić information content (AvgIpc) is 2.79. The number of rotatable bonds is 3. The fourth-order valence-electron chi connectivity index (χ4n) is 1.12. The number of hydrogen-bond acceptors (Lipinski definition) is 7. The third-order valence-electron chi connectivity index (χ3n) is 1.96. The van der Waals surface area contributed by atoms with Gasteiger partial charge in [-0.25, -0.2) is 9.97 Å². The highest BCUT2D eigenvalue weighted by molar-refractivity contribution is 8.01. The van der Waals surface area contributed by atoms with Gasteiger partial charge in [0.25, 0.3) is 0 Å². The van der Waals surface area contributed by atoms with Crippen LogP contribution in [0.1, 0.15) is 18.3 Å². The van der Waals surface area contributed by atoms with Crippen LogP contribution in [-0.4, -0.2) is 14.3 Å². The van der Waals surface area contributed by atoms with Crippen LogP contribution < -0.4 is 5.73 Å². The van der Waals surface area contributed by atoms with Crippen LogP contribution >= 0.6 is 23.3 Å². The van der Waals surface area contributed by atoms with Crippen LogP contribution in [0.15, 0.2) is 21.6 Å². The predicted molar refractivity (Wildman–Crippen MR) is 66.8 cm³/mol. The molecule has 0 fully saturated rings. The minimum atomic E-state index is 0.457. The molecule has 0 unspecified atom stereocenters. The first-order valence-corrected chi connectivity index (χ1v) is 6.48. The summed E-state index contributed by atoms with van der Waals surface area (Å²) >= 11 is 2.70. The Labute approximate surface area is 107 Å². The summed E-state index contributed by atoms with van der Waals surface area (Å²) < 4.78 is 4.99. The Bertz CT molecular complexity index is 572. The number of nitrogens with zero attached hydrogens (tertiary/aromatic N) is 4. The van der Waals surface area contributed by atoms with Crippen LogP contribution in [-0.2, 0) is 6.42 Å². The van der Waals surface area contributed by atoms with E-state index in [1.54, 1.807) is 6.07 Å². The van der Waals surface area contributed by atoms with Crippen molar-refractivity contribution in [1.29, 1.82) is 5.26 Å². The quantitative estimate of drug-likeness (QED) is 0.912. The summed E-state index contributed by atoms with van der Waals surface area (Å²) in [5.74, 6) is 0.824. The lowest BCUT2D eigenvalue weighted by atomic mass is 10.3. The SMILES string of the molecule is CCc1nsc(Sc2ncc(C#N)cc2N)n1. The number of nitriles is 1. The van der Waals surface area contributed by atoms with Gasteiger partial charge in [-0.05, 0) is 29.4 Å². The summed E-state index contributed by atoms with van der Waals surface area (Å²) in [4.78, 5) is 8.45. The Morgan fingerprint density at radius 3 is 3.00 bits per heavy atom. The molecule has 0 saturated carbocycles. The second kappa shape index (κ2) is 5.12. The first-order valence-electron chi connectivity index (χ1n) is 4.89. The maximum absolute atomic E-state index is 8.71. The molecule has 0 aromatic carbocycles. The minimum absolute atomic E-state index is 0.457. The van der Waals surface area contributed by atoms with Gasteiger partial charge in [-0.1, -0.05) is 6.92 Å². The van der Waals surface area contributed by atoms with Crippen molar-refractivity contribution in [3.05, 3.63) is 23.7 Å². The van der Waals surface area contributed by atoms with Crippen molar-refractivity contribution >= 4 is 29.0 Å². The molecule has 0 atom stereocenters. The molecule has 7 heteroatoms. The molecule has 0 aliphatic heterocycles. The molecule has 0 aliphatic rings. The van der Waals surface area contributed by atoms with Gasteiger partial charge in [0.05, 0.1) is 11.3 Å². The molecule has 0 spiro atoms. The number of hydrogen-bond donors (Lipinski definition) is 1. The highest BCUT2D eigenvalue weighted by Crippen LogP contribution is 2.31. The normalized spacial score (nSPS) is 10.1. The molecule has 5 nitrogen and oxygen atoms in total. The van der Waals surface area contributed by atoms with Gasteiger partial charge in [0.15, 0.2) is 4.34 Å². The molecule has 0 aliphatic carbocycles. The molecule has 2 heterocycles. The molecule has 0 saturated heterocycles. The number of pyridine rings is 1. The fourth-order valence-corrected chi connectivity index (χ4v) is 2.72. The summed E-state index contributed by atoms with van der Waals surface area (Å²) in [6, 6.07) is 3.60. The molecule has 17 heavy (non-hydrogen) atoms. The molecular formula is C10H9N5S2. The molecule has 2 aromatic rings. The van der Waals surface area contributed by atoms with Crippen molar-refractivity contribution in [2.24, 2.45) is 0 Å². The van der Waals surface area contributed by atoms with E-state index in [-0.39, 0.29) is 0 Å². The lowest BCUT2D eigenvalue weighted by Gasteiger charge is -2.00. The van der Waals surface area contributed by atoms with Gasteiger partial charge in [-0.2, -0.15) is 9.64 Å². The van der Waals surface area contributed by atoms with Gasteiger partial charge in [0, 0.05) is 12.6 Å². The zero-order valence-electron chi connectivity index (χ0n) is 9.04. The molecule has 2 rings (SSSR count). The molecule has 0 bridgehead atoms. The highest BCUT2D eigenvalue weighted by Gasteiger charge is 2.09. The number of nitrogen functional groups attached to an aromatic ring is 1. The maximum Gasteiger partial charge on any atom is 0.176 e. The van der Waals surface area contributed by atoms with Gasteiger partial charge in [0.1, 0.15) is 16.9 Å². The first-order chi connectivity index (χ1) is 8.22. The number of aryl methyl sites for hydroxylation is 1. The molecule has 86 valence electrons. The predicted octanol–water partition coefficient (Wildman–Crippen LogP) is 2.10. The van der Waals surface area contributed by atoms with Crippen molar-refractivity contribution in [3.8, 4) is 6.07 Å². The van der Waals surface area contributed by atoms with E-state index in [1.807, 2.05) is 13.0 Å². The van der Waals surface area contributed by atoms with Gasteiger partial charge < -0.3 is 5.73 Å². The van der Waals surface area contributed by atoms with Gasteiger partial charge in [0.2, 0.25) is 0 Å². The molecule has 0 radical (unpaired) electrons. The average molecular weight is 263 g/mol. The zero-order chi connectivity index (χ0) is 12.3. The largest absolute Gasteiger partial charge is 0.396 e. The second-order valence-electron chi connectivity index (χ2n) is 3.16. The standard InChI is InChI=1S/C10H9N5S2/c1-2-8-14-10(17-15-8)16-9-7(12)3-6(4-11)5-13-9/h3,5H,2,12H2,1H3. The Hall–Kier alpha value is -1.65. The summed E-state index contributed by atoms with van der Waals surface area (Å²) in [5.41, 5.74) is 6.75. The van der Waals surface area contributed by atoms with Crippen LogP contribution in [0, 0.1) is 11.3 Å². The molecule has 2 N–H and O–H groups in total. The van der Waals surface area contributed by atoms with E-state index >= 15 is 0 Å². The second-order valence-corrected chi connectivity index (χ2v) is 5.15. The zero-order valence-corrected chi connectivity index (χ0v) is 10.7. The van der Waals surface area contributed by atoms with Crippen LogP contribution in [0.3, 0.4) is 0 Å². The van der Waals surface area contributed by atoms with Gasteiger partial charge >= 0.3 is 0 Å². The van der Waals surface area contributed by atoms with E-state index in [4.69, 9.17) is 11.0 Å². The van der Waals surface area contributed by atoms with E-state index in [0.29, 0.717) is 16.3 Å². The smallest absolute Gasteiger partial charge is 0.176 e. The lowest BCUT2D eigenvalue weighted by molar-refractivity contribution is 0.970. The van der Waals surface area contributed by atoms with E-state index in [0.717, 1.165) is 16.6 Å². The Kier molecular flexibility index (Phi) is 3.56. The van der Waals surface area contributed by atoms with Crippen LogP contribution in [0.25, 0.3) is 0 Å². The van der Waals surface area contributed by atoms with Crippen molar-refractivity contribution in [2.45, 2.75) is 22.7 Å². The van der Waals surface area contributed by atoms with Crippen molar-refractivity contribution in [1.82, 2.24) is 14.3 Å². The Morgan fingerprint density at radius 1 is 1.59 bits per heavy atom. The van der Waals surface area contributed by atoms with Crippen molar-refractivity contribution in [3.63, 3.8) is 0 Å². The van der Waals surface area contributed by atoms with E-state index in [9.17, 15) is 0 Å². The summed E-state index contributed by atoms with van der Waals surface area (Å²) in [6.07, 6.45) is 2.31. The maximum atomic E-state index is 8.71. The van der Waals surface area contributed by atoms with Gasteiger partial charge in [-0.3, -0.25) is 0 Å². The van der Waals surface area contributed by atoms with E-state index < -0.39 is 0 Å². The lowest BCUT2D eigenvalue weighted by Crippen LogP contribution is -1.93. The molecule has 0 amide bonds. The summed E-state index contributed by atoms with van der Waals surface area (Å²) in [5, 5.41) is 9.36. The fraction of sp³-hybridized carbons (Fsp3) is 0.200. The van der Waals surface area contributed by atoms with E-state index in [2.05, 4.69) is 14.3 Å². The van der Waals surface area contributed by atoms with Crippen LogP contribution in [0.2, 0.25) is 0 Å². The summed E-state index contributed by atoms with van der Waals surface area (Å²) in [7, 11) is 0. The molecule has 2 aromatic heterocycles. The number of aromatic nitrogens is 3. The summed E-state index contributed by atoms with van der Waals surface area (Å²) in [6.45, 7) is 2.00. The van der Waals surface area contributed by atoms with Gasteiger partial charge in [-0.15, -0.1) is 0 Å². The number of anilines is 1. The van der Waals surface area contributed by atoms with Crippen LogP contribution in [0.5, 0.6) is 0 Å². The Balaban J connectivity index is 2.21. The third-order valence-corrected chi connectivity index (χ3v) is 3.78. The monoisotopic (exact) mass is 263 g/mol. The minimum Gasteiger partial charge on any atom is -0.396 e.